The molecule has 0 aromatic carbocycles. The smallest absolute Gasteiger partial charge is 0.331 e. The molecule has 0 heterocycles. The van der Waals surface area contributed by atoms with Gasteiger partial charge in [0.1, 0.15) is 24.2 Å². The molecule has 0 saturated carbocycles. The van der Waals surface area contributed by atoms with Crippen molar-refractivity contribution in [3.8, 4) is 0 Å². The minimum Gasteiger partial charge on any atom is -0.467 e. The first-order valence-electron chi connectivity index (χ1n) is 15.0. The van der Waals surface area contributed by atoms with Gasteiger partial charge in [-0.1, -0.05) is 13.8 Å². The van der Waals surface area contributed by atoms with E-state index in [0.717, 1.165) is 7.11 Å². The molecule has 258 valence electrons. The first kappa shape index (κ1) is 41.2. The number of rotatable bonds is 21. The maximum atomic E-state index is 13.5. The third-order valence-corrected chi connectivity index (χ3v) is 6.63. The fourth-order valence-electron chi connectivity index (χ4n) is 4.03. The van der Waals surface area contributed by atoms with Crippen molar-refractivity contribution in [2.24, 2.45) is 23.1 Å². The number of hydrogen-bond donors (Lipinski definition) is 9. The molecule has 12 N–H and O–H groups in total. The number of amides is 6. The van der Waals surface area contributed by atoms with Gasteiger partial charge in [0.05, 0.1) is 19.3 Å². The third kappa shape index (κ3) is 16.2. The predicted octanol–water partition coefficient (Wildman–Crippen LogP) is -3.23. The van der Waals surface area contributed by atoms with Gasteiger partial charge in [-0.25, -0.2) is 4.79 Å². The Morgan fingerprint density at radius 3 is 1.71 bits per heavy atom. The molecule has 17 nitrogen and oxygen atoms in total. The lowest BCUT2D eigenvalue weighted by molar-refractivity contribution is -0.148. The molecule has 0 fully saturated rings. The van der Waals surface area contributed by atoms with E-state index in [4.69, 9.17) is 17.2 Å². The highest BCUT2D eigenvalue weighted by molar-refractivity contribution is 5.96. The van der Waals surface area contributed by atoms with E-state index < -0.39 is 83.8 Å². The van der Waals surface area contributed by atoms with Crippen LogP contribution in [-0.4, -0.2) is 103 Å². The molecule has 0 aliphatic heterocycles. The number of esters is 1. The van der Waals surface area contributed by atoms with E-state index >= 15 is 0 Å². The molecule has 0 aromatic rings. The molecule has 17 heteroatoms. The number of carbonyl (C=O) groups is 7. The van der Waals surface area contributed by atoms with Crippen LogP contribution in [-0.2, 0) is 38.3 Å². The molecular weight excluding hydrogens is 592 g/mol. The quantitative estimate of drug-likeness (QED) is 0.0442. The number of ether oxygens (including phenoxy) is 1. The zero-order valence-electron chi connectivity index (χ0n) is 27.0. The van der Waals surface area contributed by atoms with E-state index in [2.05, 4.69) is 31.3 Å². The number of aliphatic hydroxyl groups excluding tert-OH is 1. The van der Waals surface area contributed by atoms with E-state index in [9.17, 15) is 38.7 Å². The Kier molecular flexibility index (Phi) is 19.2. The number of hydrogen-bond acceptors (Lipinski definition) is 11. The summed E-state index contributed by atoms with van der Waals surface area (Å²) in [5, 5.41) is 22.4. The van der Waals surface area contributed by atoms with Gasteiger partial charge in [-0.3, -0.25) is 28.8 Å². The first-order valence-corrected chi connectivity index (χ1v) is 15.0. The van der Waals surface area contributed by atoms with E-state index in [1.807, 2.05) is 0 Å². The number of nitrogens with two attached hydrogens (primary N) is 3. The second kappa shape index (κ2) is 21.0. The van der Waals surface area contributed by atoms with Crippen LogP contribution in [0.4, 0.5) is 0 Å². The van der Waals surface area contributed by atoms with Gasteiger partial charge >= 0.3 is 5.97 Å². The van der Waals surface area contributed by atoms with Crippen molar-refractivity contribution in [3.05, 3.63) is 0 Å². The van der Waals surface area contributed by atoms with Crippen LogP contribution in [0.5, 0.6) is 0 Å². The highest BCUT2D eigenvalue weighted by atomic mass is 16.5. The number of unbranched alkanes of at least 4 members (excludes halogenated alkanes) is 1. The number of carbonyl (C=O) groups excluding carboxylic acids is 7. The summed E-state index contributed by atoms with van der Waals surface area (Å²) in [5.74, 6) is -5.38. The average Bonchev–Trinajstić information content (AvgIpc) is 2.95. The van der Waals surface area contributed by atoms with E-state index in [1.54, 1.807) is 13.8 Å². The molecule has 45 heavy (non-hydrogen) atoms. The highest BCUT2D eigenvalue weighted by Crippen LogP contribution is 2.10. The summed E-state index contributed by atoms with van der Waals surface area (Å²) in [4.78, 5) is 88.2. The number of methoxy groups -OCH3 is 1. The Hall–Kier alpha value is -3.83. The molecule has 0 aliphatic rings. The Morgan fingerprint density at radius 2 is 1.22 bits per heavy atom. The normalized spacial score (nSPS) is 15.7. The molecule has 6 amide bonds. The Morgan fingerprint density at radius 1 is 0.711 bits per heavy atom. The van der Waals surface area contributed by atoms with Gasteiger partial charge in [0.15, 0.2) is 6.04 Å². The van der Waals surface area contributed by atoms with Crippen molar-refractivity contribution in [1.29, 1.82) is 0 Å². The predicted molar refractivity (Wildman–Crippen MR) is 163 cm³/mol. The van der Waals surface area contributed by atoms with Crippen LogP contribution in [0.3, 0.4) is 0 Å². The summed E-state index contributed by atoms with van der Waals surface area (Å²) < 4.78 is 4.60. The van der Waals surface area contributed by atoms with Crippen molar-refractivity contribution in [3.63, 3.8) is 0 Å². The molecule has 0 spiro atoms. The minimum atomic E-state index is -1.46. The highest BCUT2D eigenvalue weighted by Gasteiger charge is 2.33. The SMILES string of the molecule is COC(=O)[C@@H](NC(=O)[C@H](CCC(N)=O)NC(=O)[C@H](CC(C)C)NC(=O)[C@H](CCCCN)NC(=O)[C@H](C)NC(=O)[C@H](C)N)[C@@H](C)O. The first-order chi connectivity index (χ1) is 20.9. The van der Waals surface area contributed by atoms with Crippen molar-refractivity contribution in [2.75, 3.05) is 13.7 Å². The van der Waals surface area contributed by atoms with Crippen LogP contribution in [0.25, 0.3) is 0 Å². The molecule has 0 aliphatic carbocycles. The molecule has 0 bridgehead atoms. The monoisotopic (exact) mass is 644 g/mol. The van der Waals surface area contributed by atoms with Gasteiger partial charge in [0, 0.05) is 6.42 Å². The number of primary amides is 1. The van der Waals surface area contributed by atoms with Crippen molar-refractivity contribution >= 4 is 41.4 Å². The fourth-order valence-corrected chi connectivity index (χ4v) is 4.03. The van der Waals surface area contributed by atoms with Crippen LogP contribution in [0.1, 0.15) is 73.1 Å². The van der Waals surface area contributed by atoms with Gasteiger partial charge in [0.25, 0.3) is 0 Å². The van der Waals surface area contributed by atoms with Crippen LogP contribution in [0, 0.1) is 5.92 Å². The lowest BCUT2D eigenvalue weighted by Crippen LogP contribution is -2.59. The van der Waals surface area contributed by atoms with Crippen molar-refractivity contribution in [2.45, 2.75) is 115 Å². The molecule has 0 radical (unpaired) electrons. The Bertz CT molecular complexity index is 1020. The largest absolute Gasteiger partial charge is 0.467 e. The molecule has 0 unspecified atom stereocenters. The van der Waals surface area contributed by atoms with Crippen LogP contribution < -0.4 is 43.8 Å². The van der Waals surface area contributed by atoms with E-state index in [0.29, 0.717) is 19.4 Å². The van der Waals surface area contributed by atoms with Gasteiger partial charge < -0.3 is 53.6 Å². The van der Waals surface area contributed by atoms with Crippen LogP contribution in [0.2, 0.25) is 0 Å². The lowest BCUT2D eigenvalue weighted by Gasteiger charge is -2.27. The molecule has 7 atom stereocenters. The fraction of sp³-hybridized carbons (Fsp3) is 0.750. The van der Waals surface area contributed by atoms with Gasteiger partial charge in [-0.15, -0.1) is 0 Å². The number of nitrogens with one attached hydrogen (secondary N) is 5. The third-order valence-electron chi connectivity index (χ3n) is 6.63. The second-order valence-corrected chi connectivity index (χ2v) is 11.4. The zero-order chi connectivity index (χ0) is 34.9. The average molecular weight is 645 g/mol. The van der Waals surface area contributed by atoms with Gasteiger partial charge in [-0.2, -0.15) is 0 Å². The van der Waals surface area contributed by atoms with Crippen molar-refractivity contribution < 1.29 is 43.4 Å². The summed E-state index contributed by atoms with van der Waals surface area (Å²) in [6.45, 7) is 8.09. The van der Waals surface area contributed by atoms with Crippen LogP contribution >= 0.6 is 0 Å². The molecule has 0 rings (SSSR count). The topological polar surface area (TPSA) is 287 Å². The maximum absolute atomic E-state index is 13.5. The second-order valence-electron chi connectivity index (χ2n) is 11.4. The van der Waals surface area contributed by atoms with Crippen molar-refractivity contribution in [1.82, 2.24) is 26.6 Å². The Labute approximate surface area is 263 Å². The summed E-state index contributed by atoms with van der Waals surface area (Å²) in [6, 6.07) is -6.98. The minimum absolute atomic E-state index is 0.114. The molecule has 0 aromatic heterocycles. The summed E-state index contributed by atoms with van der Waals surface area (Å²) in [7, 11) is 1.07. The van der Waals surface area contributed by atoms with E-state index in [-0.39, 0.29) is 31.6 Å². The van der Waals surface area contributed by atoms with E-state index in [1.165, 1.54) is 20.8 Å². The summed E-state index contributed by atoms with van der Waals surface area (Å²) in [5.41, 5.74) is 16.4. The summed E-state index contributed by atoms with van der Waals surface area (Å²) in [6.07, 6.45) is -0.557. The standard InChI is InChI=1S/C28H52N8O9/c1-14(2)13-20(27(43)34-19(10-11-21(31)38)26(42)36-22(17(5)37)28(44)45-6)35-25(41)18(9-7-8-12-29)33-24(40)16(4)32-23(39)15(3)30/h14-20,22,37H,7-13,29-30H2,1-6H3,(H2,31,38)(H,32,39)(H,33,40)(H,34,43)(H,35,41)(H,36,42)/t15-,16-,17+,18-,19-,20-,22-/m0/s1. The Balaban J connectivity index is 6.00. The maximum Gasteiger partial charge on any atom is 0.331 e. The van der Waals surface area contributed by atoms with Gasteiger partial charge in [-0.05, 0) is 65.3 Å². The summed E-state index contributed by atoms with van der Waals surface area (Å²) >= 11 is 0. The molecule has 0 saturated heterocycles. The zero-order valence-corrected chi connectivity index (χ0v) is 27.0. The lowest BCUT2D eigenvalue weighted by atomic mass is 10.0. The molecular formula is C28H52N8O9. The number of aliphatic hydroxyl groups is 1. The van der Waals surface area contributed by atoms with Gasteiger partial charge in [0.2, 0.25) is 35.4 Å². The van der Waals surface area contributed by atoms with Crippen LogP contribution in [0.15, 0.2) is 0 Å².